The van der Waals surface area contributed by atoms with E-state index in [1.54, 1.807) is 0 Å². The predicted octanol–water partition coefficient (Wildman–Crippen LogP) is 2.96. The molecule has 0 aromatic rings. The zero-order valence-corrected chi connectivity index (χ0v) is 13.4. The Morgan fingerprint density at radius 2 is 2.00 bits per heavy atom. The first-order valence-corrected chi connectivity index (χ1v) is 8.79. The molecular weight excluding hydrogens is 262 g/mol. The van der Waals surface area contributed by atoms with Gasteiger partial charge in [0.2, 0.25) is 0 Å². The van der Waals surface area contributed by atoms with Gasteiger partial charge in [-0.25, -0.2) is 0 Å². The van der Waals surface area contributed by atoms with Gasteiger partial charge in [0.05, 0.1) is 12.2 Å². The summed E-state index contributed by atoms with van der Waals surface area (Å²) in [6.07, 6.45) is 10.8. The molecule has 1 spiro atoms. The van der Waals surface area contributed by atoms with Crippen LogP contribution in [0.3, 0.4) is 0 Å². The van der Waals surface area contributed by atoms with Crippen LogP contribution in [0, 0.1) is 17.8 Å². The molecule has 5 aliphatic rings. The Bertz CT molecular complexity index is 501. The van der Waals surface area contributed by atoms with E-state index in [1.807, 2.05) is 0 Å². The average molecular weight is 289 g/mol. The molecule has 0 amide bonds. The molecule has 0 radical (unpaired) electrons. The molecule has 21 heavy (non-hydrogen) atoms. The van der Waals surface area contributed by atoms with Crippen molar-refractivity contribution in [2.45, 2.75) is 76.0 Å². The molecule has 2 bridgehead atoms. The first kappa shape index (κ1) is 13.1. The summed E-state index contributed by atoms with van der Waals surface area (Å²) < 4.78 is 13.0. The van der Waals surface area contributed by atoms with Crippen molar-refractivity contribution in [1.82, 2.24) is 4.90 Å². The van der Waals surface area contributed by atoms with Gasteiger partial charge in [-0.15, -0.1) is 0 Å². The van der Waals surface area contributed by atoms with Crippen molar-refractivity contribution in [2.24, 2.45) is 17.8 Å². The Balaban J connectivity index is 1.51. The van der Waals surface area contributed by atoms with Gasteiger partial charge in [0.25, 0.3) is 0 Å². The van der Waals surface area contributed by atoms with E-state index in [0.29, 0.717) is 24.0 Å². The van der Waals surface area contributed by atoms with Crippen LogP contribution in [0.25, 0.3) is 0 Å². The van der Waals surface area contributed by atoms with Crippen molar-refractivity contribution in [3.05, 3.63) is 12.2 Å². The number of fused-ring (bicyclic) bond motifs is 4. The second-order valence-corrected chi connectivity index (χ2v) is 8.68. The van der Waals surface area contributed by atoms with Crippen LogP contribution >= 0.6 is 0 Å². The van der Waals surface area contributed by atoms with Crippen molar-refractivity contribution in [3.8, 4) is 0 Å². The number of hydrogen-bond donors (Lipinski definition) is 0. The second kappa shape index (κ2) is 3.93. The third-order valence-corrected chi connectivity index (χ3v) is 7.16. The van der Waals surface area contributed by atoms with Crippen LogP contribution in [0.15, 0.2) is 12.2 Å². The summed E-state index contributed by atoms with van der Waals surface area (Å²) in [5, 5.41) is 0. The van der Waals surface area contributed by atoms with Gasteiger partial charge in [0, 0.05) is 23.9 Å². The van der Waals surface area contributed by atoms with Crippen LogP contribution in [-0.2, 0) is 9.47 Å². The molecule has 7 atom stereocenters. The van der Waals surface area contributed by atoms with Crippen molar-refractivity contribution in [1.29, 1.82) is 0 Å². The van der Waals surface area contributed by atoms with E-state index in [0.717, 1.165) is 18.9 Å². The summed E-state index contributed by atoms with van der Waals surface area (Å²) in [7, 11) is 0. The number of ether oxygens (including phenoxy) is 2. The van der Waals surface area contributed by atoms with Gasteiger partial charge in [-0.1, -0.05) is 25.5 Å². The van der Waals surface area contributed by atoms with Crippen LogP contribution < -0.4 is 0 Å². The molecule has 4 heterocycles. The third-order valence-electron chi connectivity index (χ3n) is 7.16. The summed E-state index contributed by atoms with van der Waals surface area (Å²) in [6.45, 7) is 8.31. The molecular formula is C18H27NO2. The minimum absolute atomic E-state index is 0.0360. The van der Waals surface area contributed by atoms with Crippen molar-refractivity contribution >= 4 is 0 Å². The van der Waals surface area contributed by atoms with Crippen LogP contribution in [0.1, 0.15) is 46.5 Å². The maximum absolute atomic E-state index is 6.69. The molecule has 4 fully saturated rings. The van der Waals surface area contributed by atoms with Crippen LogP contribution in [0.4, 0.5) is 0 Å². The summed E-state index contributed by atoms with van der Waals surface area (Å²) >= 11 is 0. The first-order chi connectivity index (χ1) is 9.99. The van der Waals surface area contributed by atoms with Crippen molar-refractivity contribution < 1.29 is 9.47 Å². The fraction of sp³-hybridized carbons (Fsp3) is 0.889. The smallest absolute Gasteiger partial charge is 0.117 e. The van der Waals surface area contributed by atoms with E-state index >= 15 is 0 Å². The lowest BCUT2D eigenvalue weighted by atomic mass is 9.70. The fourth-order valence-electron chi connectivity index (χ4n) is 5.94. The highest BCUT2D eigenvalue weighted by Gasteiger charge is 2.66. The van der Waals surface area contributed by atoms with Gasteiger partial charge in [-0.05, 0) is 39.0 Å². The van der Waals surface area contributed by atoms with E-state index in [-0.39, 0.29) is 17.4 Å². The van der Waals surface area contributed by atoms with E-state index in [9.17, 15) is 0 Å². The Morgan fingerprint density at radius 3 is 2.81 bits per heavy atom. The number of hydrogen-bond acceptors (Lipinski definition) is 3. The van der Waals surface area contributed by atoms with Crippen LogP contribution in [-0.4, -0.2) is 41.0 Å². The molecule has 0 aromatic carbocycles. The normalized spacial score (nSPS) is 57.1. The number of nitrogens with zero attached hydrogens (tertiary/aromatic N) is 1. The lowest BCUT2D eigenvalue weighted by Gasteiger charge is -2.56. The van der Waals surface area contributed by atoms with Crippen LogP contribution in [0.5, 0.6) is 0 Å². The molecule has 116 valence electrons. The quantitative estimate of drug-likeness (QED) is 0.640. The van der Waals surface area contributed by atoms with E-state index < -0.39 is 0 Å². The van der Waals surface area contributed by atoms with Crippen molar-refractivity contribution in [2.75, 3.05) is 6.54 Å². The fourth-order valence-corrected chi connectivity index (χ4v) is 5.94. The maximum Gasteiger partial charge on any atom is 0.117 e. The molecule has 3 saturated heterocycles. The molecule has 0 aromatic heterocycles. The largest absolute Gasteiger partial charge is 0.362 e. The summed E-state index contributed by atoms with van der Waals surface area (Å²) in [6, 6.07) is 0. The minimum atomic E-state index is -0.0360. The monoisotopic (exact) mass is 289 g/mol. The highest BCUT2D eigenvalue weighted by Crippen LogP contribution is 2.57. The standard InChI is InChI=1S/C18H27NO2/c1-11-4-5-13-15(8-11)20-16-14-9-12-6-7-18(14,21-12)10-19(16)17(13,2)3/h6-7,11-16H,4-5,8-10H2,1-3H3/t11-,12+,13-,14-,15-,16+,18+/m1/s1. The topological polar surface area (TPSA) is 21.7 Å². The third kappa shape index (κ3) is 1.55. The first-order valence-electron chi connectivity index (χ1n) is 8.79. The van der Waals surface area contributed by atoms with Crippen LogP contribution in [0.2, 0.25) is 0 Å². The van der Waals surface area contributed by atoms with Gasteiger partial charge in [-0.2, -0.15) is 0 Å². The van der Waals surface area contributed by atoms with Gasteiger partial charge in [0.1, 0.15) is 11.8 Å². The Morgan fingerprint density at radius 1 is 1.14 bits per heavy atom. The maximum atomic E-state index is 6.69. The lowest BCUT2D eigenvalue weighted by molar-refractivity contribution is -0.229. The Kier molecular flexibility index (Phi) is 2.45. The highest BCUT2D eigenvalue weighted by molar-refractivity contribution is 5.27. The molecule has 1 aliphatic carbocycles. The van der Waals surface area contributed by atoms with E-state index in [4.69, 9.17) is 9.47 Å². The number of rotatable bonds is 0. The average Bonchev–Trinajstić information content (AvgIpc) is 3.07. The SMILES string of the molecule is C[C@@H]1CC[C@@H]2[C@@H](C1)O[C@H]1[C@H]3C[C@@H]4C=C[C@@]3(CN1C2(C)C)O4. The Labute approximate surface area is 127 Å². The van der Waals surface area contributed by atoms with Gasteiger partial charge in [0.15, 0.2) is 0 Å². The predicted molar refractivity (Wildman–Crippen MR) is 80.8 cm³/mol. The summed E-state index contributed by atoms with van der Waals surface area (Å²) in [5.41, 5.74) is 0.202. The lowest BCUT2D eigenvalue weighted by Crippen LogP contribution is -2.63. The van der Waals surface area contributed by atoms with Gasteiger partial charge < -0.3 is 9.47 Å². The molecule has 0 N–H and O–H groups in total. The second-order valence-electron chi connectivity index (χ2n) is 8.68. The highest BCUT2D eigenvalue weighted by atomic mass is 16.5. The summed E-state index contributed by atoms with van der Waals surface area (Å²) in [5.74, 6) is 2.05. The van der Waals surface area contributed by atoms with Crippen molar-refractivity contribution in [3.63, 3.8) is 0 Å². The minimum Gasteiger partial charge on any atom is -0.362 e. The zero-order chi connectivity index (χ0) is 14.4. The molecule has 5 rings (SSSR count). The molecule has 4 aliphatic heterocycles. The van der Waals surface area contributed by atoms with E-state index in [2.05, 4.69) is 37.8 Å². The van der Waals surface area contributed by atoms with Gasteiger partial charge in [-0.3, -0.25) is 4.90 Å². The zero-order valence-electron chi connectivity index (χ0n) is 13.4. The summed E-state index contributed by atoms with van der Waals surface area (Å²) in [4.78, 5) is 2.64. The molecule has 1 saturated carbocycles. The molecule has 0 unspecified atom stereocenters. The van der Waals surface area contributed by atoms with Gasteiger partial charge >= 0.3 is 0 Å². The molecule has 3 heteroatoms. The Hall–Kier alpha value is -0.380. The van der Waals surface area contributed by atoms with E-state index in [1.165, 1.54) is 19.3 Å². The molecule has 3 nitrogen and oxygen atoms in total.